The van der Waals surface area contributed by atoms with E-state index in [2.05, 4.69) is 4.72 Å². The van der Waals surface area contributed by atoms with Crippen molar-refractivity contribution in [2.75, 3.05) is 13.7 Å². The summed E-state index contributed by atoms with van der Waals surface area (Å²) in [5.74, 6) is -1.11. The molecule has 0 aliphatic rings. The van der Waals surface area contributed by atoms with Crippen molar-refractivity contribution in [1.29, 1.82) is 0 Å². The van der Waals surface area contributed by atoms with E-state index in [1.165, 1.54) is 6.07 Å². The Balaban J connectivity index is 2.89. The standard InChI is InChI=1S/C11H17NO5S2/c1-7-6-9(18-10(7)11(13)14)19(15,16)12-8(2)4-5-17-3/h6,8,12H,4-5H2,1-3H3,(H,13,14). The number of rotatable bonds is 7. The van der Waals surface area contributed by atoms with Crippen LogP contribution in [0.4, 0.5) is 0 Å². The van der Waals surface area contributed by atoms with E-state index in [1.54, 1.807) is 21.0 Å². The second kappa shape index (κ2) is 6.47. The van der Waals surface area contributed by atoms with Gasteiger partial charge in [0.15, 0.2) is 0 Å². The highest BCUT2D eigenvalue weighted by Crippen LogP contribution is 2.26. The lowest BCUT2D eigenvalue weighted by Crippen LogP contribution is -2.32. The maximum absolute atomic E-state index is 12.1. The number of hydrogen-bond donors (Lipinski definition) is 2. The molecule has 1 atom stereocenters. The number of carbonyl (C=O) groups is 1. The molecule has 8 heteroatoms. The highest BCUT2D eigenvalue weighted by molar-refractivity contribution is 7.91. The maximum atomic E-state index is 12.1. The number of nitrogens with one attached hydrogen (secondary N) is 1. The fraction of sp³-hybridized carbons (Fsp3) is 0.545. The fourth-order valence-corrected chi connectivity index (χ4v) is 4.15. The molecule has 0 fully saturated rings. The molecule has 6 nitrogen and oxygen atoms in total. The summed E-state index contributed by atoms with van der Waals surface area (Å²) in [4.78, 5) is 11.0. The van der Waals surface area contributed by atoms with Crippen molar-refractivity contribution in [2.24, 2.45) is 0 Å². The van der Waals surface area contributed by atoms with Crippen LogP contribution in [0.5, 0.6) is 0 Å². The van der Waals surface area contributed by atoms with Gasteiger partial charge in [0, 0.05) is 19.8 Å². The second-order valence-corrected chi connectivity index (χ2v) is 7.18. The van der Waals surface area contributed by atoms with Crippen LogP contribution in [0.3, 0.4) is 0 Å². The van der Waals surface area contributed by atoms with E-state index < -0.39 is 16.0 Å². The molecule has 1 heterocycles. The first-order valence-corrected chi connectivity index (χ1v) is 7.93. The molecule has 0 spiro atoms. The van der Waals surface area contributed by atoms with Crippen LogP contribution in [0.25, 0.3) is 0 Å². The molecule has 0 bridgehead atoms. The minimum absolute atomic E-state index is 0.0201. The molecule has 0 aromatic carbocycles. The summed E-state index contributed by atoms with van der Waals surface area (Å²) in [7, 11) is -2.13. The van der Waals surface area contributed by atoms with Crippen molar-refractivity contribution < 1.29 is 23.1 Å². The number of aryl methyl sites for hydroxylation is 1. The van der Waals surface area contributed by atoms with Crippen LogP contribution < -0.4 is 4.72 Å². The fourth-order valence-electron chi connectivity index (χ4n) is 1.47. The maximum Gasteiger partial charge on any atom is 0.346 e. The predicted molar refractivity (Wildman–Crippen MR) is 72.3 cm³/mol. The topological polar surface area (TPSA) is 92.7 Å². The normalized spacial score (nSPS) is 13.4. The van der Waals surface area contributed by atoms with Gasteiger partial charge in [-0.05, 0) is 31.9 Å². The minimum atomic E-state index is -3.68. The largest absolute Gasteiger partial charge is 0.477 e. The molecular formula is C11H17NO5S2. The van der Waals surface area contributed by atoms with Crippen LogP contribution in [0, 0.1) is 6.92 Å². The number of ether oxygens (including phenoxy) is 1. The minimum Gasteiger partial charge on any atom is -0.477 e. The predicted octanol–water partition coefficient (Wildman–Crippen LogP) is 1.46. The number of aromatic carboxylic acids is 1. The molecule has 0 saturated carbocycles. The average Bonchev–Trinajstić information content (AvgIpc) is 2.69. The third-order valence-corrected chi connectivity index (χ3v) is 5.75. The number of methoxy groups -OCH3 is 1. The van der Waals surface area contributed by atoms with Crippen molar-refractivity contribution in [3.63, 3.8) is 0 Å². The van der Waals surface area contributed by atoms with Gasteiger partial charge in [0.05, 0.1) is 0 Å². The molecule has 0 saturated heterocycles. The zero-order valence-corrected chi connectivity index (χ0v) is 12.6. The Morgan fingerprint density at radius 2 is 2.21 bits per heavy atom. The van der Waals surface area contributed by atoms with Crippen molar-refractivity contribution in [1.82, 2.24) is 4.72 Å². The SMILES string of the molecule is COCCC(C)NS(=O)(=O)c1cc(C)c(C(=O)O)s1. The lowest BCUT2D eigenvalue weighted by Gasteiger charge is -2.12. The summed E-state index contributed by atoms with van der Waals surface area (Å²) in [5, 5.41) is 8.92. The van der Waals surface area contributed by atoms with Crippen LogP contribution in [0.1, 0.15) is 28.6 Å². The molecule has 0 aliphatic heterocycles. The summed E-state index contributed by atoms with van der Waals surface area (Å²) in [5.41, 5.74) is 0.447. The van der Waals surface area contributed by atoms with Crippen molar-refractivity contribution in [3.8, 4) is 0 Å². The molecular weight excluding hydrogens is 290 g/mol. The molecule has 0 radical (unpaired) electrons. The molecule has 1 aromatic rings. The van der Waals surface area contributed by atoms with E-state index in [-0.39, 0.29) is 15.1 Å². The van der Waals surface area contributed by atoms with Crippen LogP contribution >= 0.6 is 11.3 Å². The second-order valence-electron chi connectivity index (χ2n) is 4.19. The smallest absolute Gasteiger partial charge is 0.346 e. The monoisotopic (exact) mass is 307 g/mol. The third-order valence-electron chi connectivity index (χ3n) is 2.47. The van der Waals surface area contributed by atoms with Gasteiger partial charge in [-0.25, -0.2) is 17.9 Å². The van der Waals surface area contributed by atoms with Gasteiger partial charge >= 0.3 is 5.97 Å². The molecule has 1 rings (SSSR count). The number of carboxylic acid groups (broad SMARTS) is 1. The summed E-state index contributed by atoms with van der Waals surface area (Å²) >= 11 is 0.759. The van der Waals surface area contributed by atoms with Crippen molar-refractivity contribution >= 4 is 27.3 Å². The van der Waals surface area contributed by atoms with E-state index in [9.17, 15) is 13.2 Å². The van der Waals surface area contributed by atoms with Crippen LogP contribution in [-0.4, -0.2) is 39.3 Å². The van der Waals surface area contributed by atoms with Crippen molar-refractivity contribution in [3.05, 3.63) is 16.5 Å². The Labute approximate surface area is 116 Å². The van der Waals surface area contributed by atoms with E-state index in [1.807, 2.05) is 0 Å². The molecule has 0 amide bonds. The summed E-state index contributed by atoms with van der Waals surface area (Å²) in [6.07, 6.45) is 0.547. The number of carboxylic acids is 1. The highest BCUT2D eigenvalue weighted by Gasteiger charge is 2.23. The lowest BCUT2D eigenvalue weighted by atomic mass is 10.3. The van der Waals surface area contributed by atoms with E-state index in [4.69, 9.17) is 9.84 Å². The molecule has 108 valence electrons. The Morgan fingerprint density at radius 3 is 2.68 bits per heavy atom. The highest BCUT2D eigenvalue weighted by atomic mass is 32.2. The molecule has 1 aromatic heterocycles. The molecule has 19 heavy (non-hydrogen) atoms. The van der Waals surface area contributed by atoms with Gasteiger partial charge in [-0.1, -0.05) is 0 Å². The lowest BCUT2D eigenvalue weighted by molar-refractivity contribution is 0.0701. The van der Waals surface area contributed by atoms with Gasteiger partial charge in [-0.2, -0.15) is 0 Å². The van der Waals surface area contributed by atoms with Gasteiger partial charge in [0.25, 0.3) is 0 Å². The Bertz CT molecular complexity index is 549. The zero-order valence-electron chi connectivity index (χ0n) is 11.0. The van der Waals surface area contributed by atoms with Crippen LogP contribution in [0.15, 0.2) is 10.3 Å². The van der Waals surface area contributed by atoms with Gasteiger partial charge in [-0.15, -0.1) is 11.3 Å². The van der Waals surface area contributed by atoms with Gasteiger partial charge in [0.2, 0.25) is 10.0 Å². The first kappa shape index (κ1) is 16.1. The first-order chi connectivity index (χ1) is 8.77. The number of sulfonamides is 1. The van der Waals surface area contributed by atoms with Gasteiger partial charge < -0.3 is 9.84 Å². The third kappa shape index (κ3) is 4.27. The number of hydrogen-bond acceptors (Lipinski definition) is 5. The molecule has 2 N–H and O–H groups in total. The zero-order chi connectivity index (χ0) is 14.6. The quantitative estimate of drug-likeness (QED) is 0.795. The van der Waals surface area contributed by atoms with Crippen LogP contribution in [-0.2, 0) is 14.8 Å². The molecule has 0 aliphatic carbocycles. The van der Waals surface area contributed by atoms with E-state index in [0.717, 1.165) is 11.3 Å². The van der Waals surface area contributed by atoms with Gasteiger partial charge in [-0.3, -0.25) is 0 Å². The van der Waals surface area contributed by atoms with Crippen LogP contribution in [0.2, 0.25) is 0 Å². The van der Waals surface area contributed by atoms with E-state index in [0.29, 0.717) is 18.6 Å². The Kier molecular flexibility index (Phi) is 5.48. The Morgan fingerprint density at radius 1 is 1.58 bits per heavy atom. The molecule has 1 unspecified atom stereocenters. The van der Waals surface area contributed by atoms with Gasteiger partial charge in [0.1, 0.15) is 9.09 Å². The summed E-state index contributed by atoms with van der Waals surface area (Å²) in [6, 6.07) is 1.10. The van der Waals surface area contributed by atoms with E-state index >= 15 is 0 Å². The summed E-state index contributed by atoms with van der Waals surface area (Å²) in [6.45, 7) is 3.76. The number of thiophene rings is 1. The summed E-state index contributed by atoms with van der Waals surface area (Å²) < 4.78 is 31.5. The Hall–Kier alpha value is -0.960. The average molecular weight is 307 g/mol. The van der Waals surface area contributed by atoms with Crippen molar-refractivity contribution in [2.45, 2.75) is 30.5 Å². The first-order valence-electron chi connectivity index (χ1n) is 5.63.